The Labute approximate surface area is 137 Å². The number of ether oxygens (including phenoxy) is 1. The van der Waals surface area contributed by atoms with E-state index in [1.54, 1.807) is 0 Å². The monoisotopic (exact) mass is 304 g/mol. The van der Waals surface area contributed by atoms with Crippen LogP contribution in [0, 0.1) is 0 Å². The Hall–Kier alpha value is -1.02. The van der Waals surface area contributed by atoms with E-state index in [2.05, 4.69) is 66.7 Å². The van der Waals surface area contributed by atoms with E-state index in [0.717, 1.165) is 31.4 Å². The average Bonchev–Trinajstić information content (AvgIpc) is 2.47. The largest absolute Gasteiger partial charge is 0.474 e. The molecule has 22 heavy (non-hydrogen) atoms. The van der Waals surface area contributed by atoms with Gasteiger partial charge in [0.15, 0.2) is 6.23 Å². The second-order valence-corrected chi connectivity index (χ2v) is 7.58. The van der Waals surface area contributed by atoms with E-state index >= 15 is 0 Å². The van der Waals surface area contributed by atoms with Gasteiger partial charge in [-0.2, -0.15) is 0 Å². The summed E-state index contributed by atoms with van der Waals surface area (Å²) in [6.07, 6.45) is 3.43. The number of nitrogens with one attached hydrogen (secondary N) is 1. The van der Waals surface area contributed by atoms with Crippen molar-refractivity contribution >= 4 is 0 Å². The van der Waals surface area contributed by atoms with Crippen molar-refractivity contribution in [2.24, 2.45) is 0 Å². The Morgan fingerprint density at radius 1 is 1.00 bits per heavy atom. The predicted octanol–water partition coefficient (Wildman–Crippen LogP) is 5.85. The summed E-state index contributed by atoms with van der Waals surface area (Å²) in [6, 6.07) is 6.56. The van der Waals surface area contributed by atoms with E-state index in [1.807, 2.05) is 0 Å². The van der Waals surface area contributed by atoms with Crippen LogP contribution in [0.25, 0.3) is 0 Å². The second-order valence-electron chi connectivity index (χ2n) is 7.58. The van der Waals surface area contributed by atoms with E-state index in [0.29, 0.717) is 0 Å². The molecule has 2 heteroatoms. The van der Waals surface area contributed by atoms with Gasteiger partial charge in [-0.3, -0.25) is 0 Å². The van der Waals surface area contributed by atoms with Crippen LogP contribution in [-0.2, 0) is 10.8 Å². The highest BCUT2D eigenvalue weighted by atomic mass is 16.5. The molecule has 2 nitrogen and oxygen atoms in total. The fraction of sp³-hybridized carbons (Fsp3) is 0.700. The van der Waals surface area contributed by atoms with Gasteiger partial charge < -0.3 is 4.74 Å². The van der Waals surface area contributed by atoms with Crippen LogP contribution in [-0.4, -0.2) is 6.23 Å². The Kier molecular flexibility index (Phi) is 6.49. The molecule has 0 bridgehead atoms. The summed E-state index contributed by atoms with van der Waals surface area (Å²) < 4.78 is 5.94. The molecule has 0 aliphatic heterocycles. The van der Waals surface area contributed by atoms with Crippen molar-refractivity contribution < 1.29 is 4.74 Å². The Morgan fingerprint density at radius 3 is 2.09 bits per heavy atom. The number of hydrogen-bond acceptors (Lipinski definition) is 1. The number of benzene rings is 1. The van der Waals surface area contributed by atoms with Gasteiger partial charge in [0.2, 0.25) is 0 Å². The molecule has 1 atom stereocenters. The van der Waals surface area contributed by atoms with Gasteiger partial charge in [0, 0.05) is 5.56 Å². The Bertz CT molecular complexity index is 477. The SMILES string of the molecule is CCCC([NH])Oc1ccc(C(C)(C)CC)cc1C(C)(C)CC. The summed E-state index contributed by atoms with van der Waals surface area (Å²) in [5.74, 6) is 0.885. The predicted molar refractivity (Wildman–Crippen MR) is 95.5 cm³/mol. The van der Waals surface area contributed by atoms with E-state index in [1.165, 1.54) is 11.1 Å². The van der Waals surface area contributed by atoms with E-state index < -0.39 is 6.23 Å². The standard InChI is InChI=1S/C20H34NO/c1-8-11-18(21)22-17-13-12-15(19(4,5)9-2)14-16(17)20(6,7)10-3/h12-14,18,21H,8-11H2,1-7H3. The molecule has 0 aliphatic carbocycles. The van der Waals surface area contributed by atoms with Gasteiger partial charge in [-0.15, -0.1) is 0 Å². The smallest absolute Gasteiger partial charge is 0.162 e. The van der Waals surface area contributed by atoms with Gasteiger partial charge in [-0.25, -0.2) is 5.73 Å². The molecule has 1 unspecified atom stereocenters. The zero-order chi connectivity index (χ0) is 17.0. The summed E-state index contributed by atoms with van der Waals surface area (Å²) >= 11 is 0. The summed E-state index contributed by atoms with van der Waals surface area (Å²) in [4.78, 5) is 0. The lowest BCUT2D eigenvalue weighted by atomic mass is 9.76. The minimum Gasteiger partial charge on any atom is -0.474 e. The summed E-state index contributed by atoms with van der Waals surface area (Å²) in [7, 11) is 0. The van der Waals surface area contributed by atoms with Crippen LogP contribution in [0.15, 0.2) is 18.2 Å². The highest BCUT2D eigenvalue weighted by Crippen LogP contribution is 2.38. The van der Waals surface area contributed by atoms with Crippen LogP contribution in [0.4, 0.5) is 0 Å². The first-order valence-electron chi connectivity index (χ1n) is 8.70. The molecular weight excluding hydrogens is 270 g/mol. The summed E-state index contributed by atoms with van der Waals surface area (Å²) in [5.41, 5.74) is 10.9. The molecule has 0 amide bonds. The van der Waals surface area contributed by atoms with Crippen molar-refractivity contribution in [1.29, 1.82) is 0 Å². The van der Waals surface area contributed by atoms with Gasteiger partial charge in [0.1, 0.15) is 5.75 Å². The van der Waals surface area contributed by atoms with Gasteiger partial charge in [-0.1, -0.05) is 67.0 Å². The van der Waals surface area contributed by atoms with Crippen LogP contribution in [0.1, 0.15) is 85.3 Å². The lowest BCUT2D eigenvalue weighted by molar-refractivity contribution is 0.185. The maximum atomic E-state index is 8.06. The third kappa shape index (κ3) is 4.49. The second kappa shape index (κ2) is 7.50. The lowest BCUT2D eigenvalue weighted by Crippen LogP contribution is -2.24. The topological polar surface area (TPSA) is 33.0 Å². The molecule has 0 saturated carbocycles. The minimum atomic E-state index is -0.471. The van der Waals surface area contributed by atoms with Crippen molar-refractivity contribution in [2.75, 3.05) is 0 Å². The molecule has 1 radical (unpaired) electrons. The third-order valence-corrected chi connectivity index (χ3v) is 5.08. The van der Waals surface area contributed by atoms with E-state index in [9.17, 15) is 0 Å². The molecule has 1 aromatic carbocycles. The van der Waals surface area contributed by atoms with E-state index in [4.69, 9.17) is 10.5 Å². The van der Waals surface area contributed by atoms with Crippen LogP contribution in [0.5, 0.6) is 5.75 Å². The fourth-order valence-corrected chi connectivity index (χ4v) is 2.45. The Morgan fingerprint density at radius 2 is 1.59 bits per heavy atom. The van der Waals surface area contributed by atoms with Gasteiger partial charge in [-0.05, 0) is 41.7 Å². The summed E-state index contributed by atoms with van der Waals surface area (Å²) in [6.45, 7) is 15.6. The average molecular weight is 304 g/mol. The molecule has 125 valence electrons. The molecule has 0 saturated heterocycles. The van der Waals surface area contributed by atoms with Crippen molar-refractivity contribution in [1.82, 2.24) is 5.73 Å². The van der Waals surface area contributed by atoms with Crippen molar-refractivity contribution in [3.05, 3.63) is 29.3 Å². The third-order valence-electron chi connectivity index (χ3n) is 5.08. The molecule has 1 rings (SSSR count). The normalized spacial score (nSPS) is 14.0. The molecule has 1 N–H and O–H groups in total. The first-order chi connectivity index (χ1) is 10.2. The van der Waals surface area contributed by atoms with E-state index in [-0.39, 0.29) is 10.8 Å². The van der Waals surface area contributed by atoms with Gasteiger partial charge >= 0.3 is 0 Å². The van der Waals surface area contributed by atoms with Gasteiger partial charge in [0.05, 0.1) is 0 Å². The zero-order valence-corrected chi connectivity index (χ0v) is 15.5. The minimum absolute atomic E-state index is 0.0566. The van der Waals surface area contributed by atoms with Crippen LogP contribution in [0.2, 0.25) is 0 Å². The first-order valence-corrected chi connectivity index (χ1v) is 8.70. The van der Waals surface area contributed by atoms with Crippen LogP contribution in [0.3, 0.4) is 0 Å². The van der Waals surface area contributed by atoms with Crippen molar-refractivity contribution in [3.63, 3.8) is 0 Å². The van der Waals surface area contributed by atoms with Crippen LogP contribution < -0.4 is 10.5 Å². The Balaban J connectivity index is 3.27. The van der Waals surface area contributed by atoms with Crippen LogP contribution >= 0.6 is 0 Å². The maximum Gasteiger partial charge on any atom is 0.162 e. The van der Waals surface area contributed by atoms with Gasteiger partial charge in [0.25, 0.3) is 0 Å². The quantitative estimate of drug-likeness (QED) is 0.593. The van der Waals surface area contributed by atoms with Crippen molar-refractivity contribution in [2.45, 2.75) is 91.2 Å². The summed E-state index contributed by atoms with van der Waals surface area (Å²) in [5, 5.41) is 0. The molecule has 0 fully saturated rings. The highest BCUT2D eigenvalue weighted by Gasteiger charge is 2.27. The molecule has 0 aliphatic rings. The fourth-order valence-electron chi connectivity index (χ4n) is 2.45. The molecule has 1 aromatic rings. The highest BCUT2D eigenvalue weighted by molar-refractivity contribution is 5.44. The molecule has 0 aromatic heterocycles. The molecular formula is C20H34NO. The van der Waals surface area contributed by atoms with Crippen molar-refractivity contribution in [3.8, 4) is 5.75 Å². The zero-order valence-electron chi connectivity index (χ0n) is 15.5. The first kappa shape index (κ1) is 19.0. The lowest BCUT2D eigenvalue weighted by Gasteiger charge is -2.31. The maximum absolute atomic E-state index is 8.06. The number of hydrogen-bond donors (Lipinski definition) is 0. The number of rotatable bonds is 8. The molecule has 0 spiro atoms. The molecule has 0 heterocycles.